The summed E-state index contributed by atoms with van der Waals surface area (Å²) in [7, 11) is -3.86. The maximum Gasteiger partial charge on any atom is 0.263 e. The van der Waals surface area contributed by atoms with E-state index in [4.69, 9.17) is 40.5 Å². The van der Waals surface area contributed by atoms with Crippen molar-refractivity contribution in [3.63, 3.8) is 0 Å². The SMILES string of the molecule is Nc1ccc(S(=O)(=O)Nc2ccc(Cl)cc2Cl)c(Cl)c1. The minimum Gasteiger partial charge on any atom is -0.399 e. The van der Waals surface area contributed by atoms with E-state index in [-0.39, 0.29) is 20.6 Å². The van der Waals surface area contributed by atoms with E-state index in [1.165, 1.54) is 36.4 Å². The van der Waals surface area contributed by atoms with Gasteiger partial charge in [-0.1, -0.05) is 34.8 Å². The zero-order chi connectivity index (χ0) is 14.9. The number of nitrogens with two attached hydrogens (primary N) is 1. The minimum atomic E-state index is -3.86. The van der Waals surface area contributed by atoms with Crippen molar-refractivity contribution >= 4 is 56.2 Å². The smallest absolute Gasteiger partial charge is 0.263 e. The Bertz CT molecular complexity index is 763. The van der Waals surface area contributed by atoms with Crippen molar-refractivity contribution in [3.8, 4) is 0 Å². The van der Waals surface area contributed by atoms with E-state index in [0.29, 0.717) is 10.7 Å². The molecule has 0 saturated heterocycles. The summed E-state index contributed by atoms with van der Waals surface area (Å²) in [4.78, 5) is -0.0839. The molecular weight excluding hydrogens is 343 g/mol. The zero-order valence-corrected chi connectivity index (χ0v) is 13.0. The Labute approximate surface area is 131 Å². The Balaban J connectivity index is 2.41. The van der Waals surface area contributed by atoms with Crippen molar-refractivity contribution in [2.75, 3.05) is 10.5 Å². The largest absolute Gasteiger partial charge is 0.399 e. The fourth-order valence-corrected chi connectivity index (χ4v) is 3.65. The van der Waals surface area contributed by atoms with Crippen LogP contribution in [0, 0.1) is 0 Å². The Kier molecular flexibility index (Phi) is 4.34. The first-order valence-electron chi connectivity index (χ1n) is 5.32. The van der Waals surface area contributed by atoms with Crippen molar-refractivity contribution in [1.82, 2.24) is 0 Å². The predicted molar refractivity (Wildman–Crippen MR) is 83.1 cm³/mol. The normalized spacial score (nSPS) is 11.3. The molecule has 0 bridgehead atoms. The summed E-state index contributed by atoms with van der Waals surface area (Å²) in [6, 6.07) is 8.56. The molecule has 0 aliphatic carbocycles. The van der Waals surface area contributed by atoms with Crippen LogP contribution in [0.4, 0.5) is 11.4 Å². The van der Waals surface area contributed by atoms with Crippen molar-refractivity contribution in [1.29, 1.82) is 0 Å². The molecule has 106 valence electrons. The molecule has 3 N–H and O–H groups in total. The number of hydrogen-bond acceptors (Lipinski definition) is 3. The molecule has 2 rings (SSSR count). The van der Waals surface area contributed by atoms with Gasteiger partial charge in [0.15, 0.2) is 0 Å². The number of benzene rings is 2. The van der Waals surface area contributed by atoms with E-state index in [2.05, 4.69) is 4.72 Å². The second-order valence-corrected chi connectivity index (χ2v) is 6.82. The van der Waals surface area contributed by atoms with Crippen molar-refractivity contribution in [3.05, 3.63) is 51.5 Å². The lowest BCUT2D eigenvalue weighted by Gasteiger charge is -2.11. The van der Waals surface area contributed by atoms with Gasteiger partial charge >= 0.3 is 0 Å². The van der Waals surface area contributed by atoms with Gasteiger partial charge in [-0.3, -0.25) is 4.72 Å². The van der Waals surface area contributed by atoms with Gasteiger partial charge in [0.05, 0.1) is 15.7 Å². The van der Waals surface area contributed by atoms with Gasteiger partial charge < -0.3 is 5.73 Å². The number of halogens is 3. The predicted octanol–water partition coefficient (Wildman–Crippen LogP) is 4.03. The Hall–Kier alpha value is -1.14. The highest BCUT2D eigenvalue weighted by atomic mass is 35.5. The van der Waals surface area contributed by atoms with Crippen molar-refractivity contribution < 1.29 is 8.42 Å². The standard InChI is InChI=1S/C12H9Cl3N2O2S/c13-7-1-3-11(9(14)5-7)17-20(18,19)12-4-2-8(16)6-10(12)15/h1-6,17H,16H2. The molecule has 4 nitrogen and oxygen atoms in total. The number of anilines is 2. The van der Waals surface area contributed by atoms with Crippen LogP contribution in [0.15, 0.2) is 41.3 Å². The van der Waals surface area contributed by atoms with E-state index >= 15 is 0 Å². The fourth-order valence-electron chi connectivity index (χ4n) is 1.51. The Morgan fingerprint density at radius 3 is 2.25 bits per heavy atom. The van der Waals surface area contributed by atoms with Crippen LogP contribution >= 0.6 is 34.8 Å². The maximum absolute atomic E-state index is 12.2. The number of nitrogen functional groups attached to an aromatic ring is 1. The molecule has 0 spiro atoms. The highest BCUT2D eigenvalue weighted by Gasteiger charge is 2.19. The van der Waals surface area contributed by atoms with E-state index < -0.39 is 10.0 Å². The summed E-state index contributed by atoms with van der Waals surface area (Å²) >= 11 is 17.6. The van der Waals surface area contributed by atoms with Crippen LogP contribution in [0.2, 0.25) is 15.1 Å². The van der Waals surface area contributed by atoms with Crippen LogP contribution in [0.25, 0.3) is 0 Å². The monoisotopic (exact) mass is 350 g/mol. The molecule has 0 unspecified atom stereocenters. The summed E-state index contributed by atoms with van der Waals surface area (Å²) in [6.45, 7) is 0. The minimum absolute atomic E-state index is 0.0302. The highest BCUT2D eigenvalue weighted by Crippen LogP contribution is 2.30. The van der Waals surface area contributed by atoms with Gasteiger partial charge in [-0.2, -0.15) is 0 Å². The summed E-state index contributed by atoms with van der Waals surface area (Å²) < 4.78 is 26.8. The van der Waals surface area contributed by atoms with E-state index in [1.807, 2.05) is 0 Å². The van der Waals surface area contributed by atoms with Gasteiger partial charge in [0.2, 0.25) is 0 Å². The average molecular weight is 352 g/mol. The van der Waals surface area contributed by atoms with Gasteiger partial charge in [0.25, 0.3) is 10.0 Å². The average Bonchev–Trinajstić information content (AvgIpc) is 2.32. The molecule has 0 atom stereocenters. The zero-order valence-electron chi connectivity index (χ0n) is 9.90. The second-order valence-electron chi connectivity index (χ2n) is 3.92. The molecule has 0 aromatic heterocycles. The van der Waals surface area contributed by atoms with Crippen molar-refractivity contribution in [2.24, 2.45) is 0 Å². The van der Waals surface area contributed by atoms with Crippen LogP contribution in [0.3, 0.4) is 0 Å². The van der Waals surface area contributed by atoms with Gasteiger partial charge in [0.1, 0.15) is 4.90 Å². The van der Waals surface area contributed by atoms with Gasteiger partial charge in [0, 0.05) is 10.7 Å². The van der Waals surface area contributed by atoms with E-state index in [9.17, 15) is 8.42 Å². The Morgan fingerprint density at radius 2 is 1.65 bits per heavy atom. The van der Waals surface area contributed by atoms with Crippen LogP contribution in [-0.4, -0.2) is 8.42 Å². The quantitative estimate of drug-likeness (QED) is 0.820. The first-order valence-corrected chi connectivity index (χ1v) is 7.94. The molecule has 0 heterocycles. The van der Waals surface area contributed by atoms with Gasteiger partial charge in [-0.15, -0.1) is 0 Å². The first kappa shape index (κ1) is 15.3. The number of sulfonamides is 1. The molecular formula is C12H9Cl3N2O2S. The van der Waals surface area contributed by atoms with Crippen LogP contribution in [-0.2, 0) is 10.0 Å². The molecule has 2 aromatic rings. The lowest BCUT2D eigenvalue weighted by atomic mass is 10.3. The molecule has 0 amide bonds. The molecule has 2 aromatic carbocycles. The third-order valence-electron chi connectivity index (χ3n) is 2.42. The lowest BCUT2D eigenvalue weighted by Crippen LogP contribution is -2.13. The summed E-state index contributed by atoms with van der Waals surface area (Å²) in [5.74, 6) is 0. The van der Waals surface area contributed by atoms with E-state index in [1.54, 1.807) is 0 Å². The molecule has 20 heavy (non-hydrogen) atoms. The van der Waals surface area contributed by atoms with Crippen LogP contribution < -0.4 is 10.5 Å². The summed E-state index contributed by atoms with van der Waals surface area (Å²) in [5.41, 5.74) is 6.11. The highest BCUT2D eigenvalue weighted by molar-refractivity contribution is 7.92. The van der Waals surface area contributed by atoms with Crippen LogP contribution in [0.5, 0.6) is 0 Å². The summed E-state index contributed by atoms with van der Waals surface area (Å²) in [5, 5.41) is 0.624. The second kappa shape index (κ2) is 5.69. The van der Waals surface area contributed by atoms with Gasteiger partial charge in [-0.05, 0) is 36.4 Å². The third-order valence-corrected chi connectivity index (χ3v) is 4.82. The topological polar surface area (TPSA) is 72.2 Å². The Morgan fingerprint density at radius 1 is 0.950 bits per heavy atom. The molecule has 8 heteroatoms. The summed E-state index contributed by atoms with van der Waals surface area (Å²) in [6.07, 6.45) is 0. The molecule has 0 aliphatic rings. The third kappa shape index (κ3) is 3.30. The van der Waals surface area contributed by atoms with Crippen LogP contribution in [0.1, 0.15) is 0 Å². The molecule has 0 fully saturated rings. The van der Waals surface area contributed by atoms with E-state index in [0.717, 1.165) is 0 Å². The number of hydrogen-bond donors (Lipinski definition) is 2. The molecule has 0 aliphatic heterocycles. The number of nitrogens with one attached hydrogen (secondary N) is 1. The lowest BCUT2D eigenvalue weighted by molar-refractivity contribution is 0.601. The fraction of sp³-hybridized carbons (Fsp3) is 0. The number of rotatable bonds is 3. The molecule has 0 saturated carbocycles. The van der Waals surface area contributed by atoms with Crippen molar-refractivity contribution in [2.45, 2.75) is 4.90 Å². The van der Waals surface area contributed by atoms with Gasteiger partial charge in [-0.25, -0.2) is 8.42 Å². The molecule has 0 radical (unpaired) electrons. The first-order chi connectivity index (χ1) is 9.29. The maximum atomic E-state index is 12.2.